The number of benzene rings is 1. The SMILES string of the molecule is CC1(C)CC(=O)N(c2cccc(Br)c2)N1. The van der Waals surface area contributed by atoms with Crippen molar-refractivity contribution in [3.8, 4) is 0 Å². The molecule has 0 spiro atoms. The lowest BCUT2D eigenvalue weighted by Gasteiger charge is -2.21. The first-order valence-electron chi connectivity index (χ1n) is 4.84. The van der Waals surface area contributed by atoms with E-state index in [2.05, 4.69) is 21.4 Å². The molecule has 1 aliphatic heterocycles. The van der Waals surface area contributed by atoms with Crippen molar-refractivity contribution in [2.45, 2.75) is 25.8 Å². The zero-order valence-corrected chi connectivity index (χ0v) is 10.3. The van der Waals surface area contributed by atoms with Crippen LogP contribution in [0.5, 0.6) is 0 Å². The Hall–Kier alpha value is -0.870. The average Bonchev–Trinajstić information content (AvgIpc) is 2.40. The second kappa shape index (κ2) is 3.61. The van der Waals surface area contributed by atoms with Gasteiger partial charge in [-0.15, -0.1) is 0 Å². The van der Waals surface area contributed by atoms with E-state index in [1.807, 2.05) is 38.1 Å². The van der Waals surface area contributed by atoms with E-state index < -0.39 is 0 Å². The van der Waals surface area contributed by atoms with Gasteiger partial charge in [0.2, 0.25) is 5.91 Å². The summed E-state index contributed by atoms with van der Waals surface area (Å²) in [5, 5.41) is 1.62. The highest BCUT2D eigenvalue weighted by Crippen LogP contribution is 2.26. The molecule has 1 aromatic rings. The number of hydrazine groups is 1. The number of carbonyl (C=O) groups is 1. The molecule has 0 radical (unpaired) electrons. The zero-order valence-electron chi connectivity index (χ0n) is 8.75. The van der Waals surface area contributed by atoms with Crippen LogP contribution in [0.25, 0.3) is 0 Å². The number of carbonyl (C=O) groups excluding carboxylic acids is 1. The van der Waals surface area contributed by atoms with E-state index in [1.54, 1.807) is 5.01 Å². The van der Waals surface area contributed by atoms with Crippen LogP contribution in [-0.4, -0.2) is 11.4 Å². The fourth-order valence-electron chi connectivity index (χ4n) is 1.69. The van der Waals surface area contributed by atoms with Crippen molar-refractivity contribution in [3.05, 3.63) is 28.7 Å². The van der Waals surface area contributed by atoms with Gasteiger partial charge in [-0.25, -0.2) is 10.4 Å². The molecule has 0 unspecified atom stereocenters. The first-order chi connectivity index (χ1) is 6.98. The van der Waals surface area contributed by atoms with Crippen molar-refractivity contribution >= 4 is 27.5 Å². The molecule has 4 heteroatoms. The molecule has 80 valence electrons. The molecule has 1 heterocycles. The molecule has 1 amide bonds. The Morgan fingerprint density at radius 1 is 1.47 bits per heavy atom. The Kier molecular flexibility index (Phi) is 2.56. The molecule has 1 aliphatic rings. The van der Waals surface area contributed by atoms with Crippen LogP contribution < -0.4 is 10.4 Å². The quantitative estimate of drug-likeness (QED) is 0.849. The van der Waals surface area contributed by atoms with Crippen LogP contribution in [0.4, 0.5) is 5.69 Å². The maximum atomic E-state index is 11.7. The van der Waals surface area contributed by atoms with E-state index in [1.165, 1.54) is 0 Å². The van der Waals surface area contributed by atoms with Gasteiger partial charge in [-0.3, -0.25) is 4.79 Å². The van der Waals surface area contributed by atoms with Crippen LogP contribution in [0.1, 0.15) is 20.3 Å². The molecule has 0 atom stereocenters. The second-order valence-electron chi connectivity index (χ2n) is 4.38. The highest BCUT2D eigenvalue weighted by Gasteiger charge is 2.35. The van der Waals surface area contributed by atoms with Crippen molar-refractivity contribution in [2.24, 2.45) is 0 Å². The molecule has 0 saturated carbocycles. The van der Waals surface area contributed by atoms with Crippen molar-refractivity contribution in [1.82, 2.24) is 5.43 Å². The Morgan fingerprint density at radius 3 is 2.73 bits per heavy atom. The molecule has 3 nitrogen and oxygen atoms in total. The number of hydrogen-bond donors (Lipinski definition) is 1. The number of halogens is 1. The third-order valence-corrected chi connectivity index (χ3v) is 2.82. The van der Waals surface area contributed by atoms with Gasteiger partial charge in [0, 0.05) is 16.4 Å². The topological polar surface area (TPSA) is 32.3 Å². The van der Waals surface area contributed by atoms with E-state index >= 15 is 0 Å². The van der Waals surface area contributed by atoms with Gasteiger partial charge >= 0.3 is 0 Å². The van der Waals surface area contributed by atoms with E-state index in [9.17, 15) is 4.79 Å². The molecule has 1 saturated heterocycles. The molecule has 15 heavy (non-hydrogen) atoms. The van der Waals surface area contributed by atoms with E-state index in [-0.39, 0.29) is 11.4 Å². The molecule has 1 aromatic carbocycles. The summed E-state index contributed by atoms with van der Waals surface area (Å²) in [5.41, 5.74) is 3.91. The largest absolute Gasteiger partial charge is 0.273 e. The molecule has 0 aliphatic carbocycles. The number of amides is 1. The molecule has 0 aromatic heterocycles. The van der Waals surface area contributed by atoms with Gasteiger partial charge in [-0.1, -0.05) is 22.0 Å². The lowest BCUT2D eigenvalue weighted by atomic mass is 10.0. The smallest absolute Gasteiger partial charge is 0.243 e. The zero-order chi connectivity index (χ0) is 11.1. The van der Waals surface area contributed by atoms with Gasteiger partial charge < -0.3 is 0 Å². The van der Waals surface area contributed by atoms with E-state index in [4.69, 9.17) is 0 Å². The summed E-state index contributed by atoms with van der Waals surface area (Å²) < 4.78 is 0.972. The minimum atomic E-state index is -0.153. The summed E-state index contributed by atoms with van der Waals surface area (Å²) in [5.74, 6) is 0.109. The van der Waals surface area contributed by atoms with Gasteiger partial charge in [0.25, 0.3) is 0 Å². The third-order valence-electron chi connectivity index (χ3n) is 2.32. The number of anilines is 1. The lowest BCUT2D eigenvalue weighted by molar-refractivity contribution is -0.117. The van der Waals surface area contributed by atoms with Gasteiger partial charge in [0.1, 0.15) is 0 Å². The van der Waals surface area contributed by atoms with E-state index in [0.717, 1.165) is 10.2 Å². The second-order valence-corrected chi connectivity index (χ2v) is 5.30. The summed E-state index contributed by atoms with van der Waals surface area (Å²) in [4.78, 5) is 11.7. The van der Waals surface area contributed by atoms with Crippen LogP contribution in [-0.2, 0) is 4.79 Å². The normalized spacial score (nSPS) is 19.7. The van der Waals surface area contributed by atoms with E-state index in [0.29, 0.717) is 6.42 Å². The fourth-order valence-corrected chi connectivity index (χ4v) is 2.07. The predicted octanol–water partition coefficient (Wildman–Crippen LogP) is 2.47. The summed E-state index contributed by atoms with van der Waals surface area (Å²) >= 11 is 3.39. The predicted molar refractivity (Wildman–Crippen MR) is 63.5 cm³/mol. The summed E-state index contributed by atoms with van der Waals surface area (Å²) in [7, 11) is 0. The Labute approximate surface area is 97.6 Å². The first-order valence-corrected chi connectivity index (χ1v) is 5.64. The van der Waals surface area contributed by atoms with Gasteiger partial charge in [0.15, 0.2) is 0 Å². The van der Waals surface area contributed by atoms with Gasteiger partial charge in [-0.05, 0) is 32.0 Å². The molecule has 2 rings (SSSR count). The maximum Gasteiger partial charge on any atom is 0.243 e. The highest BCUT2D eigenvalue weighted by atomic mass is 79.9. The summed E-state index contributed by atoms with van der Waals surface area (Å²) in [6.45, 7) is 4.03. The average molecular weight is 269 g/mol. The molecular weight excluding hydrogens is 256 g/mol. The number of hydrogen-bond acceptors (Lipinski definition) is 2. The van der Waals surface area contributed by atoms with Crippen LogP contribution in [0.2, 0.25) is 0 Å². The Bertz CT molecular complexity index is 403. The summed E-state index contributed by atoms with van der Waals surface area (Å²) in [6.07, 6.45) is 0.527. The van der Waals surface area contributed by atoms with Crippen molar-refractivity contribution in [3.63, 3.8) is 0 Å². The third kappa shape index (κ3) is 2.21. The van der Waals surface area contributed by atoms with Gasteiger partial charge in [-0.2, -0.15) is 0 Å². The van der Waals surface area contributed by atoms with Crippen LogP contribution >= 0.6 is 15.9 Å². The number of rotatable bonds is 1. The standard InChI is InChI=1S/C11H13BrN2O/c1-11(2)7-10(15)14(13-11)9-5-3-4-8(12)6-9/h3-6,13H,7H2,1-2H3. The van der Waals surface area contributed by atoms with Crippen LogP contribution in [0, 0.1) is 0 Å². The number of nitrogens with zero attached hydrogens (tertiary/aromatic N) is 1. The van der Waals surface area contributed by atoms with Crippen LogP contribution in [0.15, 0.2) is 28.7 Å². The van der Waals surface area contributed by atoms with Crippen molar-refractivity contribution in [2.75, 3.05) is 5.01 Å². The van der Waals surface area contributed by atoms with Crippen LogP contribution in [0.3, 0.4) is 0 Å². The molecule has 1 N–H and O–H groups in total. The Balaban J connectivity index is 2.29. The number of nitrogens with one attached hydrogen (secondary N) is 1. The first kappa shape index (κ1) is 10.6. The van der Waals surface area contributed by atoms with Crippen molar-refractivity contribution in [1.29, 1.82) is 0 Å². The lowest BCUT2D eigenvalue weighted by Crippen LogP contribution is -2.42. The van der Waals surface area contributed by atoms with Crippen molar-refractivity contribution < 1.29 is 4.79 Å². The summed E-state index contributed by atoms with van der Waals surface area (Å²) in [6, 6.07) is 7.69. The molecular formula is C11H13BrN2O. The minimum Gasteiger partial charge on any atom is -0.273 e. The molecule has 1 fully saturated rings. The van der Waals surface area contributed by atoms with Gasteiger partial charge in [0.05, 0.1) is 5.69 Å². The monoisotopic (exact) mass is 268 g/mol. The molecule has 0 bridgehead atoms. The minimum absolute atomic E-state index is 0.109. The fraction of sp³-hybridized carbons (Fsp3) is 0.364. The highest BCUT2D eigenvalue weighted by molar-refractivity contribution is 9.10. The maximum absolute atomic E-state index is 11.7. The Morgan fingerprint density at radius 2 is 2.20 bits per heavy atom.